The highest BCUT2D eigenvalue weighted by atomic mass is 16.4. The summed E-state index contributed by atoms with van der Waals surface area (Å²) in [7, 11) is 0. The Balaban J connectivity index is 4.15. The van der Waals surface area contributed by atoms with Crippen LogP contribution < -0.4 is 0 Å². The summed E-state index contributed by atoms with van der Waals surface area (Å²) < 4.78 is 0. The molecule has 124 valence electrons. The zero-order valence-electron chi connectivity index (χ0n) is 13.6. The van der Waals surface area contributed by atoms with Gasteiger partial charge in [0.1, 0.15) is 0 Å². The minimum atomic E-state index is -0.739. The molecular weight excluding hydrogens is 268 g/mol. The lowest BCUT2D eigenvalue weighted by atomic mass is 9.87. The fraction of sp³-hybridized carbons (Fsp3) is 0.882. The number of rotatable bonds is 14. The van der Waals surface area contributed by atoms with Crippen LogP contribution in [0.4, 0.5) is 0 Å². The van der Waals surface area contributed by atoms with Crippen molar-refractivity contribution in [3.05, 3.63) is 0 Å². The highest BCUT2D eigenvalue weighted by Crippen LogP contribution is 2.25. The van der Waals surface area contributed by atoms with Crippen LogP contribution in [0.15, 0.2) is 0 Å². The lowest BCUT2D eigenvalue weighted by molar-refractivity contribution is -0.142. The second-order valence-electron chi connectivity index (χ2n) is 6.02. The first-order chi connectivity index (χ1) is 10.0. The molecule has 4 nitrogen and oxygen atoms in total. The average molecular weight is 300 g/mol. The number of carboxylic acids is 2. The molecule has 0 saturated carbocycles. The summed E-state index contributed by atoms with van der Waals surface area (Å²) in [6.45, 7) is 4.10. The van der Waals surface area contributed by atoms with Gasteiger partial charge in [-0.25, -0.2) is 0 Å². The van der Waals surface area contributed by atoms with Crippen molar-refractivity contribution >= 4 is 11.9 Å². The zero-order valence-corrected chi connectivity index (χ0v) is 13.6. The van der Waals surface area contributed by atoms with Crippen LogP contribution in [0.3, 0.4) is 0 Å². The van der Waals surface area contributed by atoms with Gasteiger partial charge in [0.2, 0.25) is 0 Å². The maximum atomic E-state index is 11.1. The van der Waals surface area contributed by atoms with Gasteiger partial charge in [0.15, 0.2) is 0 Å². The Morgan fingerprint density at radius 2 is 1.52 bits per heavy atom. The Bertz CT molecular complexity index is 289. The smallest absolute Gasteiger partial charge is 0.306 e. The molecule has 2 N–H and O–H groups in total. The molecule has 0 aliphatic rings. The van der Waals surface area contributed by atoms with Crippen LogP contribution in [0, 0.1) is 11.8 Å². The van der Waals surface area contributed by atoms with E-state index in [1.165, 1.54) is 25.7 Å². The van der Waals surface area contributed by atoms with E-state index in [2.05, 4.69) is 6.92 Å². The number of carboxylic acid groups (broad SMARTS) is 2. The lowest BCUT2D eigenvalue weighted by Crippen LogP contribution is -2.14. The van der Waals surface area contributed by atoms with Crippen molar-refractivity contribution in [1.82, 2.24) is 0 Å². The molecule has 0 aliphatic heterocycles. The SMILES string of the molecule is CCCCCCC(CCCC(=O)O)CCC(CC)C(=O)O. The van der Waals surface area contributed by atoms with Gasteiger partial charge >= 0.3 is 11.9 Å². The van der Waals surface area contributed by atoms with Crippen LogP contribution in [0.25, 0.3) is 0 Å². The molecule has 0 bridgehead atoms. The second-order valence-corrected chi connectivity index (χ2v) is 6.02. The Morgan fingerprint density at radius 1 is 0.857 bits per heavy atom. The third kappa shape index (κ3) is 11.3. The number of aliphatic carboxylic acids is 2. The van der Waals surface area contributed by atoms with E-state index in [-0.39, 0.29) is 12.3 Å². The van der Waals surface area contributed by atoms with Gasteiger partial charge in [-0.2, -0.15) is 0 Å². The molecule has 0 spiro atoms. The first kappa shape index (κ1) is 19.9. The molecule has 0 saturated heterocycles. The summed E-state index contributed by atoms with van der Waals surface area (Å²) in [6.07, 6.45) is 10.1. The van der Waals surface area contributed by atoms with Crippen molar-refractivity contribution in [1.29, 1.82) is 0 Å². The van der Waals surface area contributed by atoms with E-state index in [1.54, 1.807) is 0 Å². The quantitative estimate of drug-likeness (QED) is 0.455. The van der Waals surface area contributed by atoms with Crippen LogP contribution >= 0.6 is 0 Å². The maximum Gasteiger partial charge on any atom is 0.306 e. The van der Waals surface area contributed by atoms with Gasteiger partial charge < -0.3 is 10.2 Å². The van der Waals surface area contributed by atoms with Gasteiger partial charge in [0.25, 0.3) is 0 Å². The van der Waals surface area contributed by atoms with Gasteiger partial charge in [0.05, 0.1) is 5.92 Å². The van der Waals surface area contributed by atoms with Gasteiger partial charge in [-0.15, -0.1) is 0 Å². The third-order valence-corrected chi connectivity index (χ3v) is 4.23. The lowest BCUT2D eigenvalue weighted by Gasteiger charge is -2.18. The van der Waals surface area contributed by atoms with Gasteiger partial charge in [-0.3, -0.25) is 9.59 Å². The predicted molar refractivity (Wildman–Crippen MR) is 84.4 cm³/mol. The van der Waals surface area contributed by atoms with E-state index in [0.29, 0.717) is 18.8 Å². The molecule has 2 atom stereocenters. The van der Waals surface area contributed by atoms with Crippen molar-refractivity contribution in [3.8, 4) is 0 Å². The summed E-state index contributed by atoms with van der Waals surface area (Å²) in [6, 6.07) is 0. The summed E-state index contributed by atoms with van der Waals surface area (Å²) in [5, 5.41) is 17.8. The normalized spacial score (nSPS) is 13.8. The van der Waals surface area contributed by atoms with E-state index in [0.717, 1.165) is 25.7 Å². The fourth-order valence-corrected chi connectivity index (χ4v) is 2.77. The minimum absolute atomic E-state index is 0.224. The summed E-state index contributed by atoms with van der Waals surface area (Å²) in [5.41, 5.74) is 0. The van der Waals surface area contributed by atoms with Crippen LogP contribution in [-0.2, 0) is 9.59 Å². The molecule has 4 heteroatoms. The molecule has 0 aromatic heterocycles. The van der Waals surface area contributed by atoms with Crippen molar-refractivity contribution in [2.45, 2.75) is 84.5 Å². The fourth-order valence-electron chi connectivity index (χ4n) is 2.77. The Labute approximate surface area is 128 Å². The molecule has 0 aromatic carbocycles. The third-order valence-electron chi connectivity index (χ3n) is 4.23. The molecule has 0 heterocycles. The van der Waals surface area contributed by atoms with E-state index in [4.69, 9.17) is 10.2 Å². The number of hydrogen-bond acceptors (Lipinski definition) is 2. The van der Waals surface area contributed by atoms with Crippen molar-refractivity contribution in [2.75, 3.05) is 0 Å². The molecule has 0 fully saturated rings. The molecule has 0 aromatic rings. The molecule has 0 aliphatic carbocycles. The molecule has 0 rings (SSSR count). The van der Waals surface area contributed by atoms with Crippen molar-refractivity contribution in [3.63, 3.8) is 0 Å². The van der Waals surface area contributed by atoms with Gasteiger partial charge in [0, 0.05) is 6.42 Å². The van der Waals surface area contributed by atoms with Gasteiger partial charge in [-0.1, -0.05) is 46.0 Å². The Hall–Kier alpha value is -1.06. The molecule has 0 radical (unpaired) electrons. The van der Waals surface area contributed by atoms with Crippen LogP contribution in [0.2, 0.25) is 0 Å². The van der Waals surface area contributed by atoms with Crippen LogP contribution in [-0.4, -0.2) is 22.2 Å². The Kier molecular flexibility index (Phi) is 12.0. The number of carbonyl (C=O) groups is 2. The Morgan fingerprint density at radius 3 is 2.05 bits per heavy atom. The second kappa shape index (κ2) is 12.7. The standard InChI is InChI=1S/C17H32O4/c1-3-5-6-7-9-14(10-8-11-16(18)19)12-13-15(4-2)17(20)21/h14-15H,3-13H2,1-2H3,(H,18,19)(H,20,21). The molecule has 0 amide bonds. The molecular formula is C17H32O4. The molecule has 21 heavy (non-hydrogen) atoms. The van der Waals surface area contributed by atoms with E-state index in [1.807, 2.05) is 6.92 Å². The summed E-state index contributed by atoms with van der Waals surface area (Å²) in [4.78, 5) is 21.7. The highest BCUT2D eigenvalue weighted by molar-refractivity contribution is 5.69. The minimum Gasteiger partial charge on any atom is -0.481 e. The van der Waals surface area contributed by atoms with Gasteiger partial charge in [-0.05, 0) is 38.0 Å². The van der Waals surface area contributed by atoms with Crippen LogP contribution in [0.1, 0.15) is 84.5 Å². The first-order valence-corrected chi connectivity index (χ1v) is 8.45. The monoisotopic (exact) mass is 300 g/mol. The largest absolute Gasteiger partial charge is 0.481 e. The average Bonchev–Trinajstić information content (AvgIpc) is 2.42. The zero-order chi connectivity index (χ0) is 16.1. The van der Waals surface area contributed by atoms with Crippen LogP contribution in [0.5, 0.6) is 0 Å². The first-order valence-electron chi connectivity index (χ1n) is 8.45. The highest BCUT2D eigenvalue weighted by Gasteiger charge is 2.18. The number of hydrogen-bond donors (Lipinski definition) is 2. The predicted octanol–water partition coefficient (Wildman–Crippen LogP) is 4.72. The van der Waals surface area contributed by atoms with E-state index in [9.17, 15) is 9.59 Å². The molecule has 2 unspecified atom stereocenters. The van der Waals surface area contributed by atoms with E-state index >= 15 is 0 Å². The number of unbranched alkanes of at least 4 members (excludes halogenated alkanes) is 3. The maximum absolute atomic E-state index is 11.1. The summed E-state index contributed by atoms with van der Waals surface area (Å²) >= 11 is 0. The van der Waals surface area contributed by atoms with Crippen molar-refractivity contribution in [2.24, 2.45) is 11.8 Å². The van der Waals surface area contributed by atoms with E-state index < -0.39 is 11.9 Å². The van der Waals surface area contributed by atoms with Crippen molar-refractivity contribution < 1.29 is 19.8 Å². The topological polar surface area (TPSA) is 74.6 Å². The summed E-state index contributed by atoms with van der Waals surface area (Å²) in [5.74, 6) is -1.21.